The van der Waals surface area contributed by atoms with Gasteiger partial charge in [0.2, 0.25) is 0 Å². The maximum absolute atomic E-state index is 12.4. The molecule has 4 heteroatoms. The van der Waals surface area contributed by atoms with Crippen LogP contribution in [0, 0.1) is 0 Å². The third-order valence-corrected chi connectivity index (χ3v) is 4.30. The maximum atomic E-state index is 12.4. The molecule has 1 heterocycles. The highest BCUT2D eigenvalue weighted by atomic mass is 16.1. The average Bonchev–Trinajstić information content (AvgIpc) is 2.78. The minimum Gasteiger partial charge on any atom is -0.321 e. The van der Waals surface area contributed by atoms with E-state index >= 15 is 0 Å². The van der Waals surface area contributed by atoms with Crippen LogP contribution in [0.15, 0.2) is 41.5 Å². The molecule has 1 aliphatic carbocycles. The first kappa shape index (κ1) is 13.2. The van der Waals surface area contributed by atoms with Crippen LogP contribution in [0.3, 0.4) is 0 Å². The van der Waals surface area contributed by atoms with Crippen LogP contribution in [0.25, 0.3) is 5.69 Å². The van der Waals surface area contributed by atoms with Crippen LogP contribution in [0.4, 0.5) is 0 Å². The first-order valence-electron chi connectivity index (χ1n) is 7.20. The van der Waals surface area contributed by atoms with Crippen molar-refractivity contribution in [1.29, 1.82) is 0 Å². The molecule has 0 aliphatic heterocycles. The standard InChI is InChI=1S/C16H21N3O/c1-12(2)18-9-10-19(15(18)20)14-6-3-5-13(11-14)16(17)7-4-8-16/h3,5-6,9-12H,4,7-8,17H2,1-2H3. The predicted molar refractivity (Wildman–Crippen MR) is 80.1 cm³/mol. The summed E-state index contributed by atoms with van der Waals surface area (Å²) in [6, 6.07) is 8.21. The van der Waals surface area contributed by atoms with Crippen LogP contribution in [0.2, 0.25) is 0 Å². The van der Waals surface area contributed by atoms with E-state index < -0.39 is 0 Å². The third kappa shape index (κ3) is 2.00. The van der Waals surface area contributed by atoms with Crippen molar-refractivity contribution in [3.05, 3.63) is 52.7 Å². The molecule has 3 rings (SSSR count). The van der Waals surface area contributed by atoms with Crippen molar-refractivity contribution in [3.8, 4) is 5.69 Å². The van der Waals surface area contributed by atoms with Gasteiger partial charge in [0.05, 0.1) is 5.69 Å². The molecule has 1 aromatic heterocycles. The lowest BCUT2D eigenvalue weighted by Crippen LogP contribution is -2.43. The molecule has 0 radical (unpaired) electrons. The Hall–Kier alpha value is -1.81. The molecule has 2 aromatic rings. The molecule has 4 nitrogen and oxygen atoms in total. The van der Waals surface area contributed by atoms with Gasteiger partial charge in [-0.15, -0.1) is 0 Å². The van der Waals surface area contributed by atoms with Gasteiger partial charge < -0.3 is 5.73 Å². The zero-order valence-corrected chi connectivity index (χ0v) is 12.0. The van der Waals surface area contributed by atoms with E-state index in [1.807, 2.05) is 44.4 Å². The second-order valence-electron chi connectivity index (χ2n) is 6.01. The number of hydrogen-bond acceptors (Lipinski definition) is 2. The van der Waals surface area contributed by atoms with E-state index in [1.165, 1.54) is 6.42 Å². The first-order chi connectivity index (χ1) is 9.51. The third-order valence-electron chi connectivity index (χ3n) is 4.30. The zero-order valence-electron chi connectivity index (χ0n) is 12.0. The Morgan fingerprint density at radius 1 is 1.25 bits per heavy atom. The van der Waals surface area contributed by atoms with E-state index in [1.54, 1.807) is 9.13 Å². The molecule has 0 saturated heterocycles. The van der Waals surface area contributed by atoms with Gasteiger partial charge in [-0.1, -0.05) is 12.1 Å². The highest BCUT2D eigenvalue weighted by Crippen LogP contribution is 2.38. The second-order valence-corrected chi connectivity index (χ2v) is 6.01. The van der Waals surface area contributed by atoms with Gasteiger partial charge in [-0.2, -0.15) is 0 Å². The number of rotatable bonds is 3. The van der Waals surface area contributed by atoms with Crippen molar-refractivity contribution in [2.75, 3.05) is 0 Å². The minimum absolute atomic E-state index is 0.00293. The number of hydrogen-bond donors (Lipinski definition) is 1. The Morgan fingerprint density at radius 3 is 2.55 bits per heavy atom. The molecule has 0 atom stereocenters. The molecule has 2 N–H and O–H groups in total. The molecular weight excluding hydrogens is 250 g/mol. The fourth-order valence-corrected chi connectivity index (χ4v) is 2.79. The van der Waals surface area contributed by atoms with E-state index in [9.17, 15) is 4.79 Å². The normalized spacial score (nSPS) is 17.2. The molecule has 1 aliphatic rings. The summed E-state index contributed by atoms with van der Waals surface area (Å²) in [5, 5.41) is 0. The van der Waals surface area contributed by atoms with Gasteiger partial charge in [0.25, 0.3) is 0 Å². The number of benzene rings is 1. The van der Waals surface area contributed by atoms with Crippen LogP contribution in [0.5, 0.6) is 0 Å². The lowest BCUT2D eigenvalue weighted by molar-refractivity contribution is 0.253. The fraction of sp³-hybridized carbons (Fsp3) is 0.438. The van der Waals surface area contributed by atoms with Crippen molar-refractivity contribution in [2.24, 2.45) is 5.73 Å². The molecule has 20 heavy (non-hydrogen) atoms. The molecule has 106 valence electrons. The van der Waals surface area contributed by atoms with Crippen molar-refractivity contribution in [1.82, 2.24) is 9.13 Å². The van der Waals surface area contributed by atoms with E-state index in [-0.39, 0.29) is 17.3 Å². The van der Waals surface area contributed by atoms with Crippen molar-refractivity contribution < 1.29 is 0 Å². The maximum Gasteiger partial charge on any atom is 0.332 e. The SMILES string of the molecule is CC(C)n1ccn(-c2cccc(C3(N)CCC3)c2)c1=O. The first-order valence-corrected chi connectivity index (χ1v) is 7.20. The van der Waals surface area contributed by atoms with Gasteiger partial charge in [0.1, 0.15) is 0 Å². The van der Waals surface area contributed by atoms with Crippen molar-refractivity contribution >= 4 is 0 Å². The van der Waals surface area contributed by atoms with Gasteiger partial charge >= 0.3 is 5.69 Å². The van der Waals surface area contributed by atoms with Crippen LogP contribution in [0.1, 0.15) is 44.7 Å². The summed E-state index contributed by atoms with van der Waals surface area (Å²) < 4.78 is 3.42. The summed E-state index contributed by atoms with van der Waals surface area (Å²) in [6.07, 6.45) is 6.90. The van der Waals surface area contributed by atoms with Crippen LogP contribution < -0.4 is 11.4 Å². The molecular formula is C16H21N3O. The Labute approximate surface area is 118 Å². The molecule has 0 bridgehead atoms. The van der Waals surface area contributed by atoms with Crippen LogP contribution in [-0.4, -0.2) is 9.13 Å². The summed E-state index contributed by atoms with van der Waals surface area (Å²) in [5.41, 5.74) is 8.20. The van der Waals surface area contributed by atoms with Crippen molar-refractivity contribution in [3.63, 3.8) is 0 Å². The highest BCUT2D eigenvalue weighted by molar-refractivity contribution is 5.39. The van der Waals surface area contributed by atoms with Gasteiger partial charge in [0, 0.05) is 24.0 Å². The monoisotopic (exact) mass is 271 g/mol. The van der Waals surface area contributed by atoms with E-state index in [4.69, 9.17) is 5.73 Å². The fourth-order valence-electron chi connectivity index (χ4n) is 2.79. The Morgan fingerprint density at radius 2 is 2.00 bits per heavy atom. The number of nitrogens with zero attached hydrogens (tertiary/aromatic N) is 2. The summed E-state index contributed by atoms with van der Waals surface area (Å²) in [5.74, 6) is 0. The lowest BCUT2D eigenvalue weighted by atomic mass is 9.73. The summed E-state index contributed by atoms with van der Waals surface area (Å²) in [7, 11) is 0. The minimum atomic E-state index is -0.194. The number of imidazole rings is 1. The topological polar surface area (TPSA) is 52.9 Å². The molecule has 0 amide bonds. The molecule has 1 fully saturated rings. The van der Waals surface area contributed by atoms with Gasteiger partial charge in [-0.3, -0.25) is 9.13 Å². The zero-order chi connectivity index (χ0) is 14.3. The van der Waals surface area contributed by atoms with Gasteiger partial charge in [-0.05, 0) is 50.8 Å². The number of aromatic nitrogens is 2. The van der Waals surface area contributed by atoms with Gasteiger partial charge in [-0.25, -0.2) is 4.79 Å². The Bertz CT molecular complexity index is 677. The van der Waals surface area contributed by atoms with E-state index in [0.29, 0.717) is 0 Å². The molecule has 0 unspecified atom stereocenters. The summed E-state index contributed by atoms with van der Waals surface area (Å²) in [6.45, 7) is 4.01. The largest absolute Gasteiger partial charge is 0.332 e. The Balaban J connectivity index is 2.03. The van der Waals surface area contributed by atoms with Crippen LogP contribution in [-0.2, 0) is 5.54 Å². The molecule has 1 aromatic carbocycles. The average molecular weight is 271 g/mol. The van der Waals surface area contributed by atoms with Gasteiger partial charge in [0.15, 0.2) is 0 Å². The predicted octanol–water partition coefficient (Wildman–Crippen LogP) is 2.56. The lowest BCUT2D eigenvalue weighted by Gasteiger charge is -2.38. The Kier molecular flexibility index (Phi) is 3.05. The second kappa shape index (κ2) is 4.63. The highest BCUT2D eigenvalue weighted by Gasteiger charge is 2.34. The summed E-state index contributed by atoms with van der Waals surface area (Å²) in [4.78, 5) is 12.4. The number of nitrogens with two attached hydrogens (primary N) is 1. The summed E-state index contributed by atoms with van der Waals surface area (Å²) >= 11 is 0. The quantitative estimate of drug-likeness (QED) is 0.932. The van der Waals surface area contributed by atoms with Crippen LogP contribution >= 0.6 is 0 Å². The smallest absolute Gasteiger partial charge is 0.321 e. The van der Waals surface area contributed by atoms with E-state index in [2.05, 4.69) is 6.07 Å². The van der Waals surface area contributed by atoms with E-state index in [0.717, 1.165) is 24.1 Å². The molecule has 1 saturated carbocycles. The molecule has 0 spiro atoms. The van der Waals surface area contributed by atoms with Crippen molar-refractivity contribution in [2.45, 2.75) is 44.7 Å².